The molecule has 0 bridgehead atoms. The molecule has 1 aromatic heterocycles. The van der Waals surface area contributed by atoms with Crippen LogP contribution in [-0.2, 0) is 6.54 Å². The molecular formula is C16H27N3. The van der Waals surface area contributed by atoms with Gasteiger partial charge in [0.2, 0.25) is 0 Å². The molecule has 0 saturated heterocycles. The SMILES string of the molecule is CC(C)NCc1ccnc(N(C)CC2CCCC2)c1. The van der Waals surface area contributed by atoms with Crippen molar-refractivity contribution < 1.29 is 0 Å². The number of anilines is 1. The van der Waals surface area contributed by atoms with E-state index in [1.165, 1.54) is 31.2 Å². The summed E-state index contributed by atoms with van der Waals surface area (Å²) in [6.45, 7) is 6.42. The van der Waals surface area contributed by atoms with Gasteiger partial charge in [0, 0.05) is 32.4 Å². The molecule has 1 fully saturated rings. The molecule has 1 aliphatic rings. The summed E-state index contributed by atoms with van der Waals surface area (Å²) < 4.78 is 0. The van der Waals surface area contributed by atoms with Gasteiger partial charge in [0.25, 0.3) is 0 Å². The van der Waals surface area contributed by atoms with Gasteiger partial charge in [-0.2, -0.15) is 0 Å². The number of hydrogen-bond acceptors (Lipinski definition) is 3. The summed E-state index contributed by atoms with van der Waals surface area (Å²) in [5.74, 6) is 1.97. The van der Waals surface area contributed by atoms with Gasteiger partial charge in [-0.25, -0.2) is 4.98 Å². The average Bonchev–Trinajstić information content (AvgIpc) is 2.89. The first-order chi connectivity index (χ1) is 9.15. The Kier molecular flexibility index (Phi) is 5.20. The van der Waals surface area contributed by atoms with Gasteiger partial charge in [0.05, 0.1) is 0 Å². The zero-order chi connectivity index (χ0) is 13.7. The Morgan fingerprint density at radius 3 is 2.79 bits per heavy atom. The van der Waals surface area contributed by atoms with E-state index in [0.717, 1.165) is 24.8 Å². The number of hydrogen-bond donors (Lipinski definition) is 1. The zero-order valence-electron chi connectivity index (χ0n) is 12.5. The maximum absolute atomic E-state index is 4.51. The molecule has 0 aromatic carbocycles. The molecule has 0 amide bonds. The van der Waals surface area contributed by atoms with Crippen LogP contribution in [0.15, 0.2) is 18.3 Å². The molecule has 19 heavy (non-hydrogen) atoms. The molecular weight excluding hydrogens is 234 g/mol. The summed E-state index contributed by atoms with van der Waals surface area (Å²) in [4.78, 5) is 6.82. The van der Waals surface area contributed by atoms with Crippen LogP contribution in [0.3, 0.4) is 0 Å². The topological polar surface area (TPSA) is 28.2 Å². The highest BCUT2D eigenvalue weighted by atomic mass is 15.2. The van der Waals surface area contributed by atoms with Crippen molar-refractivity contribution in [3.05, 3.63) is 23.9 Å². The number of aromatic nitrogens is 1. The fraction of sp³-hybridized carbons (Fsp3) is 0.688. The van der Waals surface area contributed by atoms with E-state index in [2.05, 4.69) is 48.2 Å². The van der Waals surface area contributed by atoms with Crippen molar-refractivity contribution in [2.45, 2.75) is 52.1 Å². The van der Waals surface area contributed by atoms with E-state index in [1.807, 2.05) is 6.20 Å². The molecule has 106 valence electrons. The second-order valence-electron chi connectivity index (χ2n) is 6.09. The molecule has 0 radical (unpaired) electrons. The maximum Gasteiger partial charge on any atom is 0.128 e. The van der Waals surface area contributed by atoms with Crippen molar-refractivity contribution in [2.24, 2.45) is 5.92 Å². The first-order valence-corrected chi connectivity index (χ1v) is 7.54. The standard InChI is InChI=1S/C16H27N3/c1-13(2)18-11-15-8-9-17-16(10-15)19(3)12-14-6-4-5-7-14/h8-10,13-14,18H,4-7,11-12H2,1-3H3. The molecule has 1 saturated carbocycles. The molecule has 0 aliphatic heterocycles. The smallest absolute Gasteiger partial charge is 0.128 e. The van der Waals surface area contributed by atoms with Gasteiger partial charge >= 0.3 is 0 Å². The lowest BCUT2D eigenvalue weighted by atomic mass is 10.1. The Morgan fingerprint density at radius 2 is 2.11 bits per heavy atom. The summed E-state index contributed by atoms with van der Waals surface area (Å²) >= 11 is 0. The lowest BCUT2D eigenvalue weighted by molar-refractivity contribution is 0.544. The molecule has 0 atom stereocenters. The van der Waals surface area contributed by atoms with Crippen molar-refractivity contribution in [3.8, 4) is 0 Å². The second kappa shape index (κ2) is 6.90. The molecule has 0 unspecified atom stereocenters. The zero-order valence-corrected chi connectivity index (χ0v) is 12.5. The molecule has 2 rings (SSSR count). The highest BCUT2D eigenvalue weighted by molar-refractivity contribution is 5.40. The van der Waals surface area contributed by atoms with Crippen molar-refractivity contribution in [2.75, 3.05) is 18.5 Å². The van der Waals surface area contributed by atoms with E-state index in [1.54, 1.807) is 0 Å². The third-order valence-electron chi connectivity index (χ3n) is 3.92. The fourth-order valence-electron chi connectivity index (χ4n) is 2.78. The third-order valence-corrected chi connectivity index (χ3v) is 3.92. The van der Waals surface area contributed by atoms with Crippen molar-refractivity contribution in [3.63, 3.8) is 0 Å². The van der Waals surface area contributed by atoms with Crippen LogP contribution in [0.5, 0.6) is 0 Å². The van der Waals surface area contributed by atoms with Gasteiger partial charge in [-0.15, -0.1) is 0 Å². The van der Waals surface area contributed by atoms with Gasteiger partial charge in [0.1, 0.15) is 5.82 Å². The van der Waals surface area contributed by atoms with Crippen molar-refractivity contribution in [1.29, 1.82) is 0 Å². The summed E-state index contributed by atoms with van der Waals surface area (Å²) in [7, 11) is 2.17. The molecule has 3 heteroatoms. The van der Waals surface area contributed by atoms with Gasteiger partial charge in [-0.1, -0.05) is 26.7 Å². The van der Waals surface area contributed by atoms with Crippen LogP contribution < -0.4 is 10.2 Å². The van der Waals surface area contributed by atoms with Crippen LogP contribution >= 0.6 is 0 Å². The third kappa shape index (κ3) is 4.50. The Morgan fingerprint density at radius 1 is 1.37 bits per heavy atom. The normalized spacial score (nSPS) is 16.2. The molecule has 1 heterocycles. The lowest BCUT2D eigenvalue weighted by Gasteiger charge is -2.22. The highest BCUT2D eigenvalue weighted by Crippen LogP contribution is 2.26. The average molecular weight is 261 g/mol. The summed E-state index contributed by atoms with van der Waals surface area (Å²) in [5, 5.41) is 3.45. The summed E-state index contributed by atoms with van der Waals surface area (Å²) in [6, 6.07) is 4.83. The fourth-order valence-corrected chi connectivity index (χ4v) is 2.78. The predicted octanol–water partition coefficient (Wildman–Crippen LogP) is 3.21. The minimum atomic E-state index is 0.521. The highest BCUT2D eigenvalue weighted by Gasteiger charge is 2.17. The monoisotopic (exact) mass is 261 g/mol. The summed E-state index contributed by atoms with van der Waals surface area (Å²) in [5.41, 5.74) is 1.32. The van der Waals surface area contributed by atoms with Gasteiger partial charge in [0.15, 0.2) is 0 Å². The Bertz CT molecular complexity index is 383. The maximum atomic E-state index is 4.51. The second-order valence-corrected chi connectivity index (χ2v) is 6.09. The molecule has 1 N–H and O–H groups in total. The molecule has 0 spiro atoms. The first-order valence-electron chi connectivity index (χ1n) is 7.54. The minimum Gasteiger partial charge on any atom is -0.359 e. The predicted molar refractivity (Wildman–Crippen MR) is 81.4 cm³/mol. The van der Waals surface area contributed by atoms with E-state index >= 15 is 0 Å². The van der Waals surface area contributed by atoms with Crippen molar-refractivity contribution in [1.82, 2.24) is 10.3 Å². The van der Waals surface area contributed by atoms with Gasteiger partial charge in [-0.05, 0) is 36.5 Å². The lowest BCUT2D eigenvalue weighted by Crippen LogP contribution is -2.25. The first kappa shape index (κ1) is 14.3. The molecule has 1 aliphatic carbocycles. The van der Waals surface area contributed by atoms with Crippen LogP contribution in [0, 0.1) is 5.92 Å². The van der Waals surface area contributed by atoms with E-state index < -0.39 is 0 Å². The van der Waals surface area contributed by atoms with Crippen LogP contribution in [0.25, 0.3) is 0 Å². The van der Waals surface area contributed by atoms with Crippen LogP contribution in [0.1, 0.15) is 45.1 Å². The van der Waals surface area contributed by atoms with Crippen LogP contribution in [-0.4, -0.2) is 24.6 Å². The van der Waals surface area contributed by atoms with Gasteiger partial charge in [-0.3, -0.25) is 0 Å². The largest absolute Gasteiger partial charge is 0.359 e. The number of pyridine rings is 1. The van der Waals surface area contributed by atoms with Crippen LogP contribution in [0.2, 0.25) is 0 Å². The molecule has 1 aromatic rings. The Balaban J connectivity index is 1.92. The van der Waals surface area contributed by atoms with Gasteiger partial charge < -0.3 is 10.2 Å². The minimum absolute atomic E-state index is 0.521. The Hall–Kier alpha value is -1.09. The van der Waals surface area contributed by atoms with Crippen molar-refractivity contribution >= 4 is 5.82 Å². The Labute approximate surface area is 117 Å². The number of rotatable bonds is 6. The quantitative estimate of drug-likeness (QED) is 0.852. The van der Waals surface area contributed by atoms with Crippen LogP contribution in [0.4, 0.5) is 5.82 Å². The number of nitrogens with one attached hydrogen (secondary N) is 1. The van der Waals surface area contributed by atoms with E-state index in [0.29, 0.717) is 6.04 Å². The van der Waals surface area contributed by atoms with E-state index in [4.69, 9.17) is 0 Å². The van der Waals surface area contributed by atoms with E-state index in [9.17, 15) is 0 Å². The van der Waals surface area contributed by atoms with E-state index in [-0.39, 0.29) is 0 Å². The number of nitrogens with zero attached hydrogens (tertiary/aromatic N) is 2. The molecule has 3 nitrogen and oxygen atoms in total. The summed E-state index contributed by atoms with van der Waals surface area (Å²) in [6.07, 6.45) is 7.52.